The van der Waals surface area contributed by atoms with E-state index in [2.05, 4.69) is 72.8 Å². The molecule has 158 valence electrons. The van der Waals surface area contributed by atoms with Gasteiger partial charge in [-0.3, -0.25) is 0 Å². The van der Waals surface area contributed by atoms with Crippen molar-refractivity contribution < 1.29 is 9.47 Å². The number of hydrogen-bond donors (Lipinski definition) is 1. The summed E-state index contributed by atoms with van der Waals surface area (Å²) >= 11 is 0. The van der Waals surface area contributed by atoms with Gasteiger partial charge in [-0.1, -0.05) is 27.7 Å². The summed E-state index contributed by atoms with van der Waals surface area (Å²) in [7, 11) is 0. The third-order valence-corrected chi connectivity index (χ3v) is 5.68. The van der Waals surface area contributed by atoms with Crippen molar-refractivity contribution in [1.82, 2.24) is 14.8 Å². The minimum absolute atomic E-state index is 0.706. The highest BCUT2D eigenvalue weighted by atomic mass is 16.5. The number of likely N-dealkylation sites (N-methyl/N-ethyl adjacent to an activating group) is 2. The van der Waals surface area contributed by atoms with Crippen molar-refractivity contribution in [3.05, 3.63) is 36.4 Å². The summed E-state index contributed by atoms with van der Waals surface area (Å²) < 4.78 is 12.0. The zero-order valence-electron chi connectivity index (χ0n) is 18.3. The Kier molecular flexibility index (Phi) is 7.78. The molecule has 0 unspecified atom stereocenters. The summed E-state index contributed by atoms with van der Waals surface area (Å²) in [5.74, 6) is 1.83. The number of hydrogen-bond acceptors (Lipinski definition) is 4. The molecular formula is C24H35N3O2. The molecule has 5 heteroatoms. The summed E-state index contributed by atoms with van der Waals surface area (Å²) in [6.07, 6.45) is 0. The molecule has 1 aromatic heterocycles. The molecule has 5 nitrogen and oxygen atoms in total. The van der Waals surface area contributed by atoms with E-state index >= 15 is 0 Å². The third-order valence-electron chi connectivity index (χ3n) is 5.68. The predicted octanol–water partition coefficient (Wildman–Crippen LogP) is 4.76. The molecule has 0 radical (unpaired) electrons. The molecule has 3 aromatic rings. The van der Waals surface area contributed by atoms with E-state index in [9.17, 15) is 0 Å². The number of aromatic amines is 1. The van der Waals surface area contributed by atoms with Gasteiger partial charge in [0.1, 0.15) is 24.7 Å². The first kappa shape index (κ1) is 21.5. The Hall–Kier alpha value is -2.24. The lowest BCUT2D eigenvalue weighted by atomic mass is 10.1. The van der Waals surface area contributed by atoms with E-state index in [1.54, 1.807) is 0 Å². The van der Waals surface area contributed by atoms with Crippen molar-refractivity contribution in [2.45, 2.75) is 27.7 Å². The molecule has 0 aliphatic rings. The fraction of sp³-hybridized carbons (Fsp3) is 0.500. The van der Waals surface area contributed by atoms with Crippen LogP contribution in [0.15, 0.2) is 36.4 Å². The van der Waals surface area contributed by atoms with Crippen LogP contribution in [0.1, 0.15) is 27.7 Å². The van der Waals surface area contributed by atoms with Gasteiger partial charge in [-0.15, -0.1) is 0 Å². The first-order chi connectivity index (χ1) is 14.2. The summed E-state index contributed by atoms with van der Waals surface area (Å²) in [6, 6.07) is 12.6. The molecule has 0 spiro atoms. The Bertz CT molecular complexity index is 898. The molecule has 0 bridgehead atoms. The minimum Gasteiger partial charge on any atom is -0.492 e. The van der Waals surface area contributed by atoms with Crippen LogP contribution < -0.4 is 9.47 Å². The first-order valence-corrected chi connectivity index (χ1v) is 10.9. The van der Waals surface area contributed by atoms with E-state index in [1.807, 2.05) is 6.07 Å². The fourth-order valence-corrected chi connectivity index (χ4v) is 3.71. The quantitative estimate of drug-likeness (QED) is 0.478. The fourth-order valence-electron chi connectivity index (χ4n) is 3.71. The van der Waals surface area contributed by atoms with Gasteiger partial charge in [0.25, 0.3) is 0 Å². The zero-order chi connectivity index (χ0) is 20.6. The number of benzene rings is 2. The van der Waals surface area contributed by atoms with Crippen molar-refractivity contribution in [1.29, 1.82) is 0 Å². The maximum absolute atomic E-state index is 6.00. The van der Waals surface area contributed by atoms with Crippen molar-refractivity contribution in [3.8, 4) is 11.5 Å². The van der Waals surface area contributed by atoms with E-state index in [4.69, 9.17) is 9.47 Å². The summed E-state index contributed by atoms with van der Waals surface area (Å²) in [5, 5.41) is 2.39. The normalized spacial score (nSPS) is 11.8. The molecule has 0 atom stereocenters. The van der Waals surface area contributed by atoms with Crippen molar-refractivity contribution >= 4 is 21.8 Å². The monoisotopic (exact) mass is 397 g/mol. The van der Waals surface area contributed by atoms with E-state index in [-0.39, 0.29) is 0 Å². The van der Waals surface area contributed by atoms with Gasteiger partial charge in [0, 0.05) is 35.4 Å². The Morgan fingerprint density at radius 2 is 1.21 bits per heavy atom. The number of aromatic nitrogens is 1. The molecule has 29 heavy (non-hydrogen) atoms. The number of nitrogens with zero attached hydrogens (tertiary/aromatic N) is 2. The zero-order valence-corrected chi connectivity index (χ0v) is 18.3. The molecule has 3 rings (SSSR count). The van der Waals surface area contributed by atoms with Crippen LogP contribution in [-0.2, 0) is 0 Å². The lowest BCUT2D eigenvalue weighted by molar-refractivity contribution is 0.223. The average Bonchev–Trinajstić information content (AvgIpc) is 3.11. The summed E-state index contributed by atoms with van der Waals surface area (Å²) in [5.41, 5.74) is 2.22. The maximum Gasteiger partial charge on any atom is 0.121 e. The lowest BCUT2D eigenvalue weighted by Crippen LogP contribution is -2.27. The molecule has 0 fully saturated rings. The first-order valence-electron chi connectivity index (χ1n) is 10.9. The number of rotatable bonds is 12. The molecule has 0 aliphatic carbocycles. The molecule has 0 aliphatic heterocycles. The Balaban J connectivity index is 1.68. The molecule has 0 saturated heterocycles. The van der Waals surface area contributed by atoms with Gasteiger partial charge in [-0.2, -0.15) is 0 Å². The molecule has 0 saturated carbocycles. The molecule has 0 amide bonds. The second-order valence-electron chi connectivity index (χ2n) is 7.29. The number of nitrogens with one attached hydrogen (secondary N) is 1. The van der Waals surface area contributed by atoms with Crippen LogP contribution in [0.5, 0.6) is 11.5 Å². The second-order valence-corrected chi connectivity index (χ2v) is 7.29. The van der Waals surface area contributed by atoms with Crippen LogP contribution in [0, 0.1) is 0 Å². The highest BCUT2D eigenvalue weighted by molar-refractivity contribution is 6.08. The van der Waals surface area contributed by atoms with Crippen LogP contribution in [0.3, 0.4) is 0 Å². The Morgan fingerprint density at radius 3 is 1.79 bits per heavy atom. The number of H-pyrrole nitrogens is 1. The number of ether oxygens (including phenoxy) is 2. The van der Waals surface area contributed by atoms with E-state index in [1.165, 1.54) is 10.8 Å². The van der Waals surface area contributed by atoms with Gasteiger partial charge in [-0.25, -0.2) is 0 Å². The van der Waals surface area contributed by atoms with Gasteiger partial charge < -0.3 is 24.3 Å². The topological polar surface area (TPSA) is 40.7 Å². The number of fused-ring (bicyclic) bond motifs is 3. The summed E-state index contributed by atoms with van der Waals surface area (Å²) in [4.78, 5) is 8.24. The molecule has 1 heterocycles. The van der Waals surface area contributed by atoms with Crippen LogP contribution in [-0.4, -0.2) is 67.3 Å². The van der Waals surface area contributed by atoms with Gasteiger partial charge in [0.15, 0.2) is 0 Å². The highest BCUT2D eigenvalue weighted by Crippen LogP contribution is 2.31. The van der Waals surface area contributed by atoms with Gasteiger partial charge >= 0.3 is 0 Å². The average molecular weight is 398 g/mol. The van der Waals surface area contributed by atoms with Crippen LogP contribution in [0.4, 0.5) is 0 Å². The largest absolute Gasteiger partial charge is 0.492 e. The third kappa shape index (κ3) is 5.43. The van der Waals surface area contributed by atoms with Crippen molar-refractivity contribution in [3.63, 3.8) is 0 Å². The van der Waals surface area contributed by atoms with Gasteiger partial charge in [0.2, 0.25) is 0 Å². The van der Waals surface area contributed by atoms with Crippen molar-refractivity contribution in [2.24, 2.45) is 0 Å². The molecular weight excluding hydrogens is 362 g/mol. The Labute approximate surface area is 174 Å². The standard InChI is InChI=1S/C24H35N3O2/c1-5-26(6-2)13-15-28-19-10-12-23-22(17-19)21-11-9-20(18-24(21)25-23)29-16-14-27(7-3)8-4/h9-12,17-18,25H,5-8,13-16H2,1-4H3. The minimum atomic E-state index is 0.706. The smallest absolute Gasteiger partial charge is 0.121 e. The predicted molar refractivity (Wildman–Crippen MR) is 122 cm³/mol. The van der Waals surface area contributed by atoms with Gasteiger partial charge in [0.05, 0.1) is 5.52 Å². The van der Waals surface area contributed by atoms with E-state index in [0.717, 1.165) is 61.8 Å². The summed E-state index contributed by atoms with van der Waals surface area (Å²) in [6.45, 7) is 16.3. The highest BCUT2D eigenvalue weighted by Gasteiger charge is 2.08. The van der Waals surface area contributed by atoms with Crippen LogP contribution in [0.2, 0.25) is 0 Å². The van der Waals surface area contributed by atoms with Crippen LogP contribution in [0.25, 0.3) is 21.8 Å². The molecule has 2 aromatic carbocycles. The van der Waals surface area contributed by atoms with Crippen LogP contribution >= 0.6 is 0 Å². The van der Waals surface area contributed by atoms with Gasteiger partial charge in [-0.05, 0) is 56.5 Å². The second kappa shape index (κ2) is 10.5. The molecule has 1 N–H and O–H groups in total. The van der Waals surface area contributed by atoms with E-state index < -0.39 is 0 Å². The Morgan fingerprint density at radius 1 is 0.655 bits per heavy atom. The SMILES string of the molecule is CCN(CC)CCOc1ccc2c(c1)[nH]c1ccc(OCCN(CC)CC)cc12. The van der Waals surface area contributed by atoms with Crippen molar-refractivity contribution in [2.75, 3.05) is 52.5 Å². The van der Waals surface area contributed by atoms with E-state index in [0.29, 0.717) is 13.2 Å². The lowest BCUT2D eigenvalue weighted by Gasteiger charge is -2.18. The maximum atomic E-state index is 6.00.